The van der Waals surface area contributed by atoms with Gasteiger partial charge in [0.05, 0.1) is 0 Å². The Morgan fingerprint density at radius 2 is 1.64 bits per heavy atom. The molecule has 1 heterocycles. The van der Waals surface area contributed by atoms with Crippen LogP contribution in [0.5, 0.6) is 0 Å². The van der Waals surface area contributed by atoms with Gasteiger partial charge in [-0.1, -0.05) is 36.4 Å². The van der Waals surface area contributed by atoms with Gasteiger partial charge in [0, 0.05) is 49.3 Å². The third-order valence-corrected chi connectivity index (χ3v) is 4.55. The fraction of sp³-hybridized carbons (Fsp3) is 0.273. The first-order chi connectivity index (χ1) is 13.8. The summed E-state index contributed by atoms with van der Waals surface area (Å²) in [5.74, 6) is 0.732. The number of carbonyl (C=O) groups excluding carboxylic acids is 1. The first-order valence-corrected chi connectivity index (χ1v) is 9.60. The molecule has 0 saturated carbocycles. The molecule has 0 radical (unpaired) electrons. The van der Waals surface area contributed by atoms with E-state index in [0.717, 1.165) is 37.4 Å². The second-order valence-electron chi connectivity index (χ2n) is 6.51. The molecule has 6 nitrogen and oxygen atoms in total. The zero-order chi connectivity index (χ0) is 19.6. The van der Waals surface area contributed by atoms with Gasteiger partial charge in [0.15, 0.2) is 5.96 Å². The summed E-state index contributed by atoms with van der Waals surface area (Å²) in [7, 11) is 1.76. The standard InChI is InChI=1S/C22H27N5O/c1-23-22(25-14-7-13-24-21(28)17-8-3-2-4-9-17)26-15-12-18-16-27-20-11-6-5-10-19(18)20/h2-6,8-11,16,27H,7,12-15H2,1H3,(H,24,28)(H2,23,25,26). The molecule has 0 atom stereocenters. The Morgan fingerprint density at radius 3 is 2.46 bits per heavy atom. The molecule has 4 N–H and O–H groups in total. The Balaban J connectivity index is 1.33. The van der Waals surface area contributed by atoms with Crippen molar-refractivity contribution in [2.75, 3.05) is 26.7 Å². The Hall–Kier alpha value is -3.28. The number of guanidine groups is 1. The van der Waals surface area contributed by atoms with E-state index in [-0.39, 0.29) is 5.91 Å². The first-order valence-electron chi connectivity index (χ1n) is 9.60. The van der Waals surface area contributed by atoms with E-state index in [9.17, 15) is 4.79 Å². The number of aliphatic imine (C=N–C) groups is 1. The lowest BCUT2D eigenvalue weighted by atomic mass is 10.1. The zero-order valence-electron chi connectivity index (χ0n) is 16.2. The minimum absolute atomic E-state index is 0.0400. The van der Waals surface area contributed by atoms with E-state index < -0.39 is 0 Å². The van der Waals surface area contributed by atoms with E-state index in [1.54, 1.807) is 7.05 Å². The van der Waals surface area contributed by atoms with Crippen LogP contribution in [0.25, 0.3) is 10.9 Å². The largest absolute Gasteiger partial charge is 0.361 e. The molecule has 1 amide bonds. The minimum Gasteiger partial charge on any atom is -0.361 e. The third kappa shape index (κ3) is 5.36. The molecule has 0 spiro atoms. The number of H-pyrrole nitrogens is 1. The van der Waals surface area contributed by atoms with Gasteiger partial charge in [-0.2, -0.15) is 0 Å². The van der Waals surface area contributed by atoms with Crippen molar-refractivity contribution in [3.63, 3.8) is 0 Å². The molecule has 1 aromatic heterocycles. The summed E-state index contributed by atoms with van der Waals surface area (Å²) in [6, 6.07) is 17.6. The normalized spacial score (nSPS) is 11.4. The van der Waals surface area contributed by atoms with Crippen LogP contribution in [0.2, 0.25) is 0 Å². The van der Waals surface area contributed by atoms with Gasteiger partial charge >= 0.3 is 0 Å². The number of nitrogens with one attached hydrogen (secondary N) is 4. The van der Waals surface area contributed by atoms with Gasteiger partial charge in [-0.05, 0) is 36.6 Å². The number of aromatic nitrogens is 1. The predicted molar refractivity (Wildman–Crippen MR) is 115 cm³/mol. The van der Waals surface area contributed by atoms with Crippen LogP contribution in [0.4, 0.5) is 0 Å². The predicted octanol–water partition coefficient (Wildman–Crippen LogP) is 2.70. The van der Waals surface area contributed by atoms with E-state index in [1.165, 1.54) is 10.9 Å². The number of hydrogen-bond acceptors (Lipinski definition) is 2. The van der Waals surface area contributed by atoms with Gasteiger partial charge in [0.2, 0.25) is 0 Å². The molecule has 146 valence electrons. The smallest absolute Gasteiger partial charge is 0.251 e. The maximum absolute atomic E-state index is 12.0. The van der Waals surface area contributed by atoms with E-state index in [1.807, 2.05) is 36.4 Å². The van der Waals surface area contributed by atoms with E-state index in [4.69, 9.17) is 0 Å². The molecule has 2 aromatic carbocycles. The quantitative estimate of drug-likeness (QED) is 0.277. The Bertz CT molecular complexity index is 917. The maximum Gasteiger partial charge on any atom is 0.251 e. The third-order valence-electron chi connectivity index (χ3n) is 4.55. The fourth-order valence-electron chi connectivity index (χ4n) is 3.06. The summed E-state index contributed by atoms with van der Waals surface area (Å²) in [6.07, 6.45) is 3.80. The van der Waals surface area contributed by atoms with Gasteiger partial charge < -0.3 is 20.9 Å². The number of nitrogens with zero attached hydrogens (tertiary/aromatic N) is 1. The molecular formula is C22H27N5O. The van der Waals surface area contributed by atoms with E-state index in [2.05, 4.69) is 50.3 Å². The second-order valence-corrected chi connectivity index (χ2v) is 6.51. The van der Waals surface area contributed by atoms with Crippen LogP contribution in [-0.4, -0.2) is 43.5 Å². The average Bonchev–Trinajstić information content (AvgIpc) is 3.16. The summed E-state index contributed by atoms with van der Waals surface area (Å²) in [4.78, 5) is 19.5. The summed E-state index contributed by atoms with van der Waals surface area (Å²) in [5, 5.41) is 10.8. The zero-order valence-corrected chi connectivity index (χ0v) is 16.2. The monoisotopic (exact) mass is 377 g/mol. The maximum atomic E-state index is 12.0. The molecule has 0 unspecified atom stereocenters. The summed E-state index contributed by atoms with van der Waals surface area (Å²) >= 11 is 0. The lowest BCUT2D eigenvalue weighted by molar-refractivity contribution is 0.0953. The highest BCUT2D eigenvalue weighted by molar-refractivity contribution is 5.94. The number of fused-ring (bicyclic) bond motifs is 1. The number of benzene rings is 2. The van der Waals surface area contributed by atoms with Crippen molar-refractivity contribution < 1.29 is 4.79 Å². The molecule has 6 heteroatoms. The van der Waals surface area contributed by atoms with Crippen LogP contribution >= 0.6 is 0 Å². The van der Waals surface area contributed by atoms with E-state index >= 15 is 0 Å². The average molecular weight is 377 g/mol. The molecule has 0 aliphatic carbocycles. The first kappa shape index (κ1) is 19.5. The molecule has 0 aliphatic heterocycles. The molecule has 0 bridgehead atoms. The minimum atomic E-state index is -0.0400. The van der Waals surface area contributed by atoms with Gasteiger partial charge in [0.25, 0.3) is 5.91 Å². The molecule has 28 heavy (non-hydrogen) atoms. The molecular weight excluding hydrogens is 350 g/mol. The van der Waals surface area contributed by atoms with Gasteiger partial charge in [-0.15, -0.1) is 0 Å². The highest BCUT2D eigenvalue weighted by Crippen LogP contribution is 2.17. The van der Waals surface area contributed by atoms with Crippen molar-refractivity contribution in [1.82, 2.24) is 20.9 Å². The number of para-hydroxylation sites is 1. The van der Waals surface area contributed by atoms with Gasteiger partial charge in [-0.25, -0.2) is 0 Å². The molecule has 0 fully saturated rings. The van der Waals surface area contributed by atoms with Crippen LogP contribution < -0.4 is 16.0 Å². The van der Waals surface area contributed by atoms with Crippen molar-refractivity contribution in [3.8, 4) is 0 Å². The van der Waals surface area contributed by atoms with Crippen molar-refractivity contribution in [2.24, 2.45) is 4.99 Å². The Kier molecular flexibility index (Phi) is 7.07. The molecule has 0 saturated heterocycles. The number of aromatic amines is 1. The Labute approximate surface area is 165 Å². The molecule has 3 rings (SSSR count). The number of carbonyl (C=O) groups is 1. The lowest BCUT2D eigenvalue weighted by Gasteiger charge is -2.12. The van der Waals surface area contributed by atoms with Crippen molar-refractivity contribution in [1.29, 1.82) is 0 Å². The molecule has 3 aromatic rings. The van der Waals surface area contributed by atoms with Crippen LogP contribution in [-0.2, 0) is 6.42 Å². The van der Waals surface area contributed by atoms with Crippen molar-refractivity contribution in [2.45, 2.75) is 12.8 Å². The van der Waals surface area contributed by atoms with Crippen LogP contribution in [0.1, 0.15) is 22.3 Å². The van der Waals surface area contributed by atoms with Crippen LogP contribution in [0.15, 0.2) is 65.8 Å². The summed E-state index contributed by atoms with van der Waals surface area (Å²) < 4.78 is 0. The Morgan fingerprint density at radius 1 is 0.929 bits per heavy atom. The fourth-order valence-corrected chi connectivity index (χ4v) is 3.06. The van der Waals surface area contributed by atoms with Crippen molar-refractivity contribution >= 4 is 22.8 Å². The van der Waals surface area contributed by atoms with Crippen LogP contribution in [0, 0.1) is 0 Å². The SMILES string of the molecule is CN=C(NCCCNC(=O)c1ccccc1)NCCc1c[nH]c2ccccc12. The molecule has 0 aliphatic rings. The highest BCUT2D eigenvalue weighted by atomic mass is 16.1. The number of amides is 1. The van der Waals surface area contributed by atoms with Gasteiger partial charge in [0.1, 0.15) is 0 Å². The highest BCUT2D eigenvalue weighted by Gasteiger charge is 2.04. The van der Waals surface area contributed by atoms with Gasteiger partial charge in [-0.3, -0.25) is 9.79 Å². The number of rotatable bonds is 8. The topological polar surface area (TPSA) is 81.3 Å². The summed E-state index contributed by atoms with van der Waals surface area (Å²) in [5.41, 5.74) is 3.14. The number of hydrogen-bond donors (Lipinski definition) is 4. The van der Waals surface area contributed by atoms with E-state index in [0.29, 0.717) is 12.1 Å². The second kappa shape index (κ2) is 10.2. The lowest BCUT2D eigenvalue weighted by Crippen LogP contribution is -2.39. The van der Waals surface area contributed by atoms with Crippen LogP contribution in [0.3, 0.4) is 0 Å². The summed E-state index contributed by atoms with van der Waals surface area (Å²) in [6.45, 7) is 2.15. The van der Waals surface area contributed by atoms with Crippen molar-refractivity contribution in [3.05, 3.63) is 71.9 Å².